The molecule has 1 heterocycles. The average molecular weight is 309 g/mol. The Hall–Kier alpha value is -2.21. The number of amides is 1. The van der Waals surface area contributed by atoms with Gasteiger partial charge in [0.1, 0.15) is 6.54 Å². The zero-order chi connectivity index (χ0) is 15.6. The maximum atomic E-state index is 12.0. The summed E-state index contributed by atoms with van der Waals surface area (Å²) in [5, 5.41) is 3.01. The summed E-state index contributed by atoms with van der Waals surface area (Å²) >= 11 is 5.99. The second-order valence-corrected chi connectivity index (χ2v) is 5.40. The van der Waals surface area contributed by atoms with E-state index in [1.807, 2.05) is 13.8 Å². The van der Waals surface area contributed by atoms with Crippen molar-refractivity contribution in [2.75, 3.05) is 11.1 Å². The molecular formula is C14H17ClN4O2. The minimum absolute atomic E-state index is 0.0494. The van der Waals surface area contributed by atoms with Crippen LogP contribution in [0.1, 0.15) is 19.9 Å². The lowest BCUT2D eigenvalue weighted by molar-refractivity contribution is -0.116. The van der Waals surface area contributed by atoms with Gasteiger partial charge in [0.05, 0.1) is 10.7 Å². The van der Waals surface area contributed by atoms with Crippen molar-refractivity contribution in [3.63, 3.8) is 0 Å². The third kappa shape index (κ3) is 3.46. The molecule has 0 saturated heterocycles. The molecule has 21 heavy (non-hydrogen) atoms. The lowest BCUT2D eigenvalue weighted by atomic mass is 10.3. The highest BCUT2D eigenvalue weighted by Gasteiger charge is 2.11. The molecule has 0 radical (unpaired) electrons. The second-order valence-electron chi connectivity index (χ2n) is 5.00. The Morgan fingerprint density at radius 2 is 2.10 bits per heavy atom. The first-order valence-electron chi connectivity index (χ1n) is 6.50. The first kappa shape index (κ1) is 15.2. The Bertz CT molecular complexity index is 718. The molecule has 0 aliphatic rings. The predicted molar refractivity (Wildman–Crippen MR) is 83.6 cm³/mol. The molecule has 0 spiro atoms. The summed E-state index contributed by atoms with van der Waals surface area (Å²) in [5.74, 6) is -0.328. The van der Waals surface area contributed by atoms with E-state index in [0.717, 1.165) is 0 Å². The minimum Gasteiger partial charge on any atom is -0.399 e. The van der Waals surface area contributed by atoms with Gasteiger partial charge in [-0.15, -0.1) is 0 Å². The highest BCUT2D eigenvalue weighted by Crippen LogP contribution is 2.23. The molecule has 0 saturated carbocycles. The average Bonchev–Trinajstić information content (AvgIpc) is 2.74. The van der Waals surface area contributed by atoms with Crippen molar-refractivity contribution < 1.29 is 4.79 Å². The zero-order valence-corrected chi connectivity index (χ0v) is 12.6. The Morgan fingerprint density at radius 3 is 2.67 bits per heavy atom. The maximum Gasteiger partial charge on any atom is 0.328 e. The fourth-order valence-electron chi connectivity index (χ4n) is 1.92. The molecule has 7 heteroatoms. The number of nitrogens with one attached hydrogen (secondary N) is 1. The smallest absolute Gasteiger partial charge is 0.328 e. The summed E-state index contributed by atoms with van der Waals surface area (Å²) < 4.78 is 2.91. The number of nitrogens with two attached hydrogens (primary N) is 1. The fourth-order valence-corrected chi connectivity index (χ4v) is 2.15. The number of halogens is 1. The van der Waals surface area contributed by atoms with Crippen LogP contribution >= 0.6 is 11.6 Å². The van der Waals surface area contributed by atoms with Gasteiger partial charge < -0.3 is 11.1 Å². The van der Waals surface area contributed by atoms with Crippen LogP contribution in [0.3, 0.4) is 0 Å². The molecular weight excluding hydrogens is 292 g/mol. The van der Waals surface area contributed by atoms with Crippen molar-refractivity contribution >= 4 is 28.9 Å². The summed E-state index contributed by atoms with van der Waals surface area (Å²) in [6.07, 6.45) is 3.25. The first-order valence-corrected chi connectivity index (χ1v) is 6.88. The summed E-state index contributed by atoms with van der Waals surface area (Å²) in [5.41, 5.74) is 6.35. The van der Waals surface area contributed by atoms with Crippen LogP contribution in [0.2, 0.25) is 5.02 Å². The third-order valence-corrected chi connectivity index (χ3v) is 3.32. The molecule has 0 bridgehead atoms. The fraction of sp³-hybridized carbons (Fsp3) is 0.286. The summed E-state index contributed by atoms with van der Waals surface area (Å²) in [7, 11) is 0. The molecule has 1 amide bonds. The molecule has 0 atom stereocenters. The molecule has 1 aromatic carbocycles. The van der Waals surface area contributed by atoms with Crippen LogP contribution in [0.25, 0.3) is 0 Å². The van der Waals surface area contributed by atoms with Gasteiger partial charge in [-0.2, -0.15) is 0 Å². The maximum absolute atomic E-state index is 12.0. The van der Waals surface area contributed by atoms with E-state index in [1.54, 1.807) is 35.2 Å². The molecule has 3 N–H and O–H groups in total. The Morgan fingerprint density at radius 1 is 1.38 bits per heavy atom. The number of carbonyl (C=O) groups excluding carboxylic acids is 1. The normalized spacial score (nSPS) is 10.9. The van der Waals surface area contributed by atoms with Crippen LogP contribution in [0.5, 0.6) is 0 Å². The number of hydrogen-bond donors (Lipinski definition) is 2. The Kier molecular flexibility index (Phi) is 4.37. The van der Waals surface area contributed by atoms with Crippen molar-refractivity contribution in [3.05, 3.63) is 46.1 Å². The van der Waals surface area contributed by atoms with E-state index in [0.29, 0.717) is 16.4 Å². The topological polar surface area (TPSA) is 82.1 Å². The highest BCUT2D eigenvalue weighted by molar-refractivity contribution is 6.34. The number of nitrogen functional groups attached to an aromatic ring is 1. The van der Waals surface area contributed by atoms with Crippen LogP contribution in [-0.4, -0.2) is 15.0 Å². The van der Waals surface area contributed by atoms with E-state index in [1.165, 1.54) is 4.57 Å². The van der Waals surface area contributed by atoms with Gasteiger partial charge in [-0.05, 0) is 32.0 Å². The van der Waals surface area contributed by atoms with Crippen LogP contribution < -0.4 is 16.7 Å². The number of nitrogens with zero attached hydrogens (tertiary/aromatic N) is 2. The van der Waals surface area contributed by atoms with E-state index in [2.05, 4.69) is 5.32 Å². The largest absolute Gasteiger partial charge is 0.399 e. The third-order valence-electron chi connectivity index (χ3n) is 3.01. The van der Waals surface area contributed by atoms with Crippen LogP contribution in [-0.2, 0) is 11.3 Å². The summed E-state index contributed by atoms with van der Waals surface area (Å²) in [6.45, 7) is 3.74. The number of imidazole rings is 1. The molecule has 112 valence electrons. The molecule has 2 aromatic rings. The number of benzene rings is 1. The predicted octanol–water partition coefficient (Wildman–Crippen LogP) is 2.10. The first-order chi connectivity index (χ1) is 9.88. The molecule has 1 aromatic heterocycles. The standard InChI is InChI=1S/C14H17ClN4O2/c1-9(2)19-6-5-18(14(19)21)8-13(20)17-12-4-3-10(16)7-11(12)15/h3-7,9H,8,16H2,1-2H3,(H,17,20). The number of aromatic nitrogens is 2. The van der Waals surface area contributed by atoms with Crippen LogP contribution in [0.4, 0.5) is 11.4 Å². The van der Waals surface area contributed by atoms with Crippen LogP contribution in [0, 0.1) is 0 Å². The zero-order valence-electron chi connectivity index (χ0n) is 11.8. The van der Waals surface area contributed by atoms with E-state index < -0.39 is 0 Å². The molecule has 0 aliphatic heterocycles. The lowest BCUT2D eigenvalue weighted by Crippen LogP contribution is -2.29. The van der Waals surface area contributed by atoms with Gasteiger partial charge in [-0.1, -0.05) is 11.6 Å². The van der Waals surface area contributed by atoms with Crippen molar-refractivity contribution in [1.29, 1.82) is 0 Å². The van der Waals surface area contributed by atoms with Gasteiger partial charge in [0.25, 0.3) is 0 Å². The molecule has 0 unspecified atom stereocenters. The van der Waals surface area contributed by atoms with Crippen molar-refractivity contribution in [2.24, 2.45) is 0 Å². The monoisotopic (exact) mass is 308 g/mol. The molecule has 2 rings (SSSR count). The van der Waals surface area contributed by atoms with Crippen molar-refractivity contribution in [2.45, 2.75) is 26.4 Å². The molecule has 0 fully saturated rings. The van der Waals surface area contributed by atoms with Gasteiger partial charge in [-0.25, -0.2) is 4.79 Å². The minimum atomic E-state index is -0.328. The van der Waals surface area contributed by atoms with E-state index >= 15 is 0 Å². The summed E-state index contributed by atoms with van der Waals surface area (Å²) in [6, 6.07) is 4.87. The quantitative estimate of drug-likeness (QED) is 0.849. The van der Waals surface area contributed by atoms with Gasteiger partial charge in [0.2, 0.25) is 5.91 Å². The van der Waals surface area contributed by atoms with Crippen molar-refractivity contribution in [3.8, 4) is 0 Å². The number of anilines is 2. The Labute approximate surface area is 127 Å². The second kappa shape index (κ2) is 6.05. The van der Waals surface area contributed by atoms with Gasteiger partial charge in [0.15, 0.2) is 0 Å². The van der Waals surface area contributed by atoms with Gasteiger partial charge in [0, 0.05) is 24.1 Å². The van der Waals surface area contributed by atoms with Gasteiger partial charge in [-0.3, -0.25) is 13.9 Å². The molecule has 6 nitrogen and oxygen atoms in total. The number of carbonyl (C=O) groups is 1. The Balaban J connectivity index is 2.10. The van der Waals surface area contributed by atoms with E-state index in [9.17, 15) is 9.59 Å². The van der Waals surface area contributed by atoms with Crippen molar-refractivity contribution in [1.82, 2.24) is 9.13 Å². The SMILES string of the molecule is CC(C)n1ccn(CC(=O)Nc2ccc(N)cc2Cl)c1=O. The summed E-state index contributed by atoms with van der Waals surface area (Å²) in [4.78, 5) is 24.0. The molecule has 0 aliphatic carbocycles. The van der Waals surface area contributed by atoms with Gasteiger partial charge >= 0.3 is 5.69 Å². The number of hydrogen-bond acceptors (Lipinski definition) is 3. The number of rotatable bonds is 4. The lowest BCUT2D eigenvalue weighted by Gasteiger charge is -2.08. The van der Waals surface area contributed by atoms with E-state index in [4.69, 9.17) is 17.3 Å². The van der Waals surface area contributed by atoms with E-state index in [-0.39, 0.29) is 24.2 Å². The highest BCUT2D eigenvalue weighted by atomic mass is 35.5. The van der Waals surface area contributed by atoms with Crippen LogP contribution in [0.15, 0.2) is 35.4 Å².